The highest BCUT2D eigenvalue weighted by Gasteiger charge is 2.11. The van der Waals surface area contributed by atoms with Gasteiger partial charge < -0.3 is 15.2 Å². The zero-order valence-electron chi connectivity index (χ0n) is 15.7. The second kappa shape index (κ2) is 10.4. The fraction of sp³-hybridized carbons (Fsp3) is 0.316. The van der Waals surface area contributed by atoms with Gasteiger partial charge in [-0.05, 0) is 30.9 Å². The Labute approximate surface area is 181 Å². The Balaban J connectivity index is 0.00000261. The van der Waals surface area contributed by atoms with E-state index in [1.54, 1.807) is 11.3 Å². The van der Waals surface area contributed by atoms with Crippen LogP contribution in [0.25, 0.3) is 0 Å². The van der Waals surface area contributed by atoms with Crippen molar-refractivity contribution in [1.82, 2.24) is 25.4 Å². The number of aliphatic imine (C=N–C) groups is 1. The van der Waals surface area contributed by atoms with E-state index >= 15 is 0 Å². The van der Waals surface area contributed by atoms with Crippen LogP contribution in [-0.4, -0.2) is 20.7 Å². The van der Waals surface area contributed by atoms with Gasteiger partial charge in [0.15, 0.2) is 11.8 Å². The van der Waals surface area contributed by atoms with Crippen molar-refractivity contribution in [2.24, 2.45) is 12.0 Å². The molecule has 6 nitrogen and oxygen atoms in total. The van der Waals surface area contributed by atoms with E-state index in [4.69, 9.17) is 4.99 Å². The third-order valence-electron chi connectivity index (χ3n) is 4.18. The Kier molecular flexibility index (Phi) is 8.23. The average Bonchev–Trinajstić information content (AvgIpc) is 3.30. The molecule has 2 aromatic heterocycles. The molecule has 1 atom stereocenters. The molecule has 0 aliphatic rings. The fourth-order valence-corrected chi connectivity index (χ4v) is 3.22. The van der Waals surface area contributed by atoms with Crippen LogP contribution in [0.4, 0.5) is 0 Å². The van der Waals surface area contributed by atoms with E-state index in [9.17, 15) is 0 Å². The Bertz CT molecular complexity index is 844. The summed E-state index contributed by atoms with van der Waals surface area (Å²) in [6.07, 6.45) is 0. The topological polar surface area (TPSA) is 67.1 Å². The molecule has 3 rings (SSSR count). The van der Waals surface area contributed by atoms with Crippen molar-refractivity contribution >= 4 is 41.3 Å². The second-order valence-corrected chi connectivity index (χ2v) is 7.09. The predicted molar refractivity (Wildman–Crippen MR) is 121 cm³/mol. The minimum Gasteiger partial charge on any atom is -0.349 e. The summed E-state index contributed by atoms with van der Waals surface area (Å²) in [7, 11) is 1.97. The molecule has 2 heterocycles. The minimum absolute atomic E-state index is 0. The number of nitrogens with zero attached hydrogens (tertiary/aromatic N) is 4. The van der Waals surface area contributed by atoms with E-state index in [2.05, 4.69) is 57.4 Å². The van der Waals surface area contributed by atoms with Crippen molar-refractivity contribution in [2.45, 2.75) is 33.0 Å². The van der Waals surface area contributed by atoms with Crippen LogP contribution in [-0.2, 0) is 20.1 Å². The van der Waals surface area contributed by atoms with Crippen LogP contribution in [0.5, 0.6) is 0 Å². The number of guanidine groups is 1. The number of hydrogen-bond donors (Lipinski definition) is 2. The number of hydrogen-bond acceptors (Lipinski definition) is 4. The number of halogens is 1. The number of thiophene rings is 1. The van der Waals surface area contributed by atoms with Gasteiger partial charge >= 0.3 is 0 Å². The molecule has 0 fully saturated rings. The number of nitrogens with one attached hydrogen (secondary N) is 2. The molecular formula is C19H25IN6S. The molecule has 3 aromatic rings. The van der Waals surface area contributed by atoms with Gasteiger partial charge in [-0.3, -0.25) is 0 Å². The molecule has 27 heavy (non-hydrogen) atoms. The monoisotopic (exact) mass is 496 g/mol. The van der Waals surface area contributed by atoms with Crippen LogP contribution in [0.3, 0.4) is 0 Å². The van der Waals surface area contributed by atoms with Crippen LogP contribution in [0.1, 0.15) is 35.1 Å². The molecule has 1 unspecified atom stereocenters. The lowest BCUT2D eigenvalue weighted by Crippen LogP contribution is -2.38. The zero-order chi connectivity index (χ0) is 18.4. The van der Waals surface area contributed by atoms with Gasteiger partial charge in [0.05, 0.1) is 19.1 Å². The van der Waals surface area contributed by atoms with Gasteiger partial charge in [-0.2, -0.15) is 0 Å². The summed E-state index contributed by atoms with van der Waals surface area (Å²) in [6, 6.07) is 14.6. The Morgan fingerprint density at radius 1 is 1.19 bits per heavy atom. The van der Waals surface area contributed by atoms with Gasteiger partial charge in [-0.1, -0.05) is 36.4 Å². The van der Waals surface area contributed by atoms with Gasteiger partial charge in [0.2, 0.25) is 0 Å². The Morgan fingerprint density at radius 3 is 2.59 bits per heavy atom. The van der Waals surface area contributed by atoms with Crippen molar-refractivity contribution in [3.63, 3.8) is 0 Å². The zero-order valence-corrected chi connectivity index (χ0v) is 18.9. The molecule has 0 bridgehead atoms. The average molecular weight is 496 g/mol. The summed E-state index contributed by atoms with van der Waals surface area (Å²) in [5, 5.41) is 17.2. The molecule has 1 aromatic carbocycles. The predicted octanol–water partition coefficient (Wildman–Crippen LogP) is 3.80. The lowest BCUT2D eigenvalue weighted by atomic mass is 10.2. The molecule has 0 spiro atoms. The van der Waals surface area contributed by atoms with E-state index in [1.165, 1.54) is 10.4 Å². The first-order valence-corrected chi connectivity index (χ1v) is 9.48. The first-order valence-electron chi connectivity index (χ1n) is 8.60. The largest absolute Gasteiger partial charge is 0.349 e. The minimum atomic E-state index is 0. The summed E-state index contributed by atoms with van der Waals surface area (Å²) < 4.78 is 1.98. The van der Waals surface area contributed by atoms with Crippen LogP contribution in [0.15, 0.2) is 52.8 Å². The third-order valence-corrected chi connectivity index (χ3v) is 5.24. The summed E-state index contributed by atoms with van der Waals surface area (Å²) in [5.74, 6) is 2.53. The van der Waals surface area contributed by atoms with Gasteiger partial charge in [0, 0.05) is 11.9 Å². The van der Waals surface area contributed by atoms with Crippen molar-refractivity contribution in [2.75, 3.05) is 0 Å². The summed E-state index contributed by atoms with van der Waals surface area (Å²) in [4.78, 5) is 6.01. The second-order valence-electron chi connectivity index (χ2n) is 6.11. The SMILES string of the molecule is Cc1nnc(CNC(=NCc2ccccc2)NC(C)c2cccs2)n1C.I. The van der Waals surface area contributed by atoms with Crippen LogP contribution in [0.2, 0.25) is 0 Å². The summed E-state index contributed by atoms with van der Waals surface area (Å²) >= 11 is 1.74. The highest BCUT2D eigenvalue weighted by molar-refractivity contribution is 14.0. The van der Waals surface area contributed by atoms with Gasteiger partial charge in [-0.25, -0.2) is 4.99 Å². The molecule has 0 aliphatic carbocycles. The molecular weight excluding hydrogens is 471 g/mol. The lowest BCUT2D eigenvalue weighted by molar-refractivity contribution is 0.671. The Morgan fingerprint density at radius 2 is 1.96 bits per heavy atom. The van der Waals surface area contributed by atoms with Gasteiger partial charge in [0.1, 0.15) is 5.82 Å². The first kappa shape index (κ1) is 21.4. The number of rotatable bonds is 6. The molecule has 0 saturated heterocycles. The summed E-state index contributed by atoms with van der Waals surface area (Å²) in [5.41, 5.74) is 1.17. The number of aromatic nitrogens is 3. The standard InChI is InChI=1S/C19H24N6S.HI/c1-14(17-10-7-11-26-17)22-19(20-12-16-8-5-4-6-9-16)21-13-18-24-23-15(2)25(18)3;/h4-11,14H,12-13H2,1-3H3,(H2,20,21,22);1H. The first-order chi connectivity index (χ1) is 12.6. The van der Waals surface area contributed by atoms with Gasteiger partial charge in [-0.15, -0.1) is 45.5 Å². The van der Waals surface area contributed by atoms with Crippen molar-refractivity contribution in [3.05, 3.63) is 69.9 Å². The van der Waals surface area contributed by atoms with E-state index < -0.39 is 0 Å². The van der Waals surface area contributed by atoms with Crippen LogP contribution >= 0.6 is 35.3 Å². The molecule has 0 amide bonds. The molecule has 144 valence electrons. The lowest BCUT2D eigenvalue weighted by Gasteiger charge is -2.17. The maximum atomic E-state index is 4.74. The quantitative estimate of drug-likeness (QED) is 0.310. The van der Waals surface area contributed by atoms with Crippen molar-refractivity contribution in [3.8, 4) is 0 Å². The normalized spacial score (nSPS) is 12.3. The van der Waals surface area contributed by atoms with E-state index in [0.29, 0.717) is 13.1 Å². The Hall–Kier alpha value is -1.94. The maximum Gasteiger partial charge on any atom is 0.192 e. The fourth-order valence-electron chi connectivity index (χ4n) is 2.49. The van der Waals surface area contributed by atoms with Crippen LogP contribution in [0, 0.1) is 6.92 Å². The van der Waals surface area contributed by atoms with Gasteiger partial charge in [0.25, 0.3) is 0 Å². The smallest absolute Gasteiger partial charge is 0.192 e. The highest BCUT2D eigenvalue weighted by atomic mass is 127. The third kappa shape index (κ3) is 6.03. The molecule has 0 radical (unpaired) electrons. The highest BCUT2D eigenvalue weighted by Crippen LogP contribution is 2.18. The van der Waals surface area contributed by atoms with Crippen molar-refractivity contribution in [1.29, 1.82) is 0 Å². The molecule has 8 heteroatoms. The maximum absolute atomic E-state index is 4.74. The van der Waals surface area contributed by atoms with E-state index in [-0.39, 0.29) is 30.0 Å². The number of benzene rings is 1. The molecule has 0 aliphatic heterocycles. The summed E-state index contributed by atoms with van der Waals surface area (Å²) in [6.45, 7) is 5.26. The number of aryl methyl sites for hydroxylation is 1. The molecule has 2 N–H and O–H groups in total. The van der Waals surface area contributed by atoms with Crippen molar-refractivity contribution < 1.29 is 0 Å². The van der Waals surface area contributed by atoms with Crippen LogP contribution < -0.4 is 10.6 Å². The van der Waals surface area contributed by atoms with E-state index in [1.807, 2.05) is 36.7 Å². The molecule has 0 saturated carbocycles. The van der Waals surface area contributed by atoms with E-state index in [0.717, 1.165) is 17.6 Å².